The van der Waals surface area contributed by atoms with Gasteiger partial charge in [-0.05, 0) is 50.1 Å². The molecule has 0 amide bonds. The van der Waals surface area contributed by atoms with Gasteiger partial charge < -0.3 is 25.0 Å². The number of nitrogens with one attached hydrogen (secondary N) is 2. The number of rotatable bonds is 4. The average Bonchev–Trinajstić information content (AvgIpc) is 3.38. The van der Waals surface area contributed by atoms with E-state index in [2.05, 4.69) is 20.5 Å². The molecular formula is C22H22F3N5O3. The average molecular weight is 461 g/mol. The number of alkyl halides is 3. The monoisotopic (exact) mass is 461 g/mol. The second-order valence-electron chi connectivity index (χ2n) is 8.58. The van der Waals surface area contributed by atoms with E-state index in [4.69, 9.17) is 4.74 Å². The highest BCUT2D eigenvalue weighted by molar-refractivity contribution is 5.92. The van der Waals surface area contributed by atoms with Gasteiger partial charge in [0.2, 0.25) is 0 Å². The van der Waals surface area contributed by atoms with E-state index in [1.807, 2.05) is 4.90 Å². The van der Waals surface area contributed by atoms with Gasteiger partial charge in [-0.2, -0.15) is 18.3 Å². The van der Waals surface area contributed by atoms with Crippen LogP contribution in [0, 0.1) is 6.92 Å². The Bertz CT molecular complexity index is 1290. The summed E-state index contributed by atoms with van der Waals surface area (Å²) in [4.78, 5) is 17.7. The maximum absolute atomic E-state index is 13.2. The summed E-state index contributed by atoms with van der Waals surface area (Å²) in [5.74, 6) is -0.163. The lowest BCUT2D eigenvalue weighted by Crippen LogP contribution is -2.39. The maximum Gasteiger partial charge on any atom is 0.416 e. The number of halogens is 3. The van der Waals surface area contributed by atoms with E-state index in [9.17, 15) is 23.1 Å². The Morgan fingerprint density at radius 2 is 2.06 bits per heavy atom. The van der Waals surface area contributed by atoms with Gasteiger partial charge in [0.15, 0.2) is 5.82 Å². The van der Waals surface area contributed by atoms with Crippen molar-refractivity contribution < 1.29 is 23.0 Å². The second kappa shape index (κ2) is 7.62. The standard InChI is InChI=1S/C22H22F3N5O3/c1-10(12-3-13(22(23,24)25)5-15(31)4-12)26-20-17-7-18(30-8-16-6-14(30)9-33-16)21(32)27-19(17)11(2)28-29-20/h3-5,7,10,14,16,31H,6,8-9H2,1-2H3,(H,26,29)(H,27,32)/t10-,14?,16?/m1/s1. The highest BCUT2D eigenvalue weighted by Crippen LogP contribution is 2.36. The van der Waals surface area contributed by atoms with E-state index in [0.717, 1.165) is 12.5 Å². The lowest BCUT2D eigenvalue weighted by molar-refractivity contribution is -0.137. The minimum absolute atomic E-state index is 0.105. The number of benzene rings is 1. The van der Waals surface area contributed by atoms with Crippen molar-refractivity contribution in [3.63, 3.8) is 0 Å². The Morgan fingerprint density at radius 3 is 2.73 bits per heavy atom. The maximum atomic E-state index is 13.2. The number of nitrogens with zero attached hydrogens (tertiary/aromatic N) is 3. The number of aromatic hydroxyl groups is 1. The SMILES string of the molecule is Cc1nnc(N[C@H](C)c2cc(O)cc(C(F)(F)F)c2)c2cc(N3CC4CC3CO4)c(=O)[nH]c12. The molecule has 2 saturated heterocycles. The van der Waals surface area contributed by atoms with Gasteiger partial charge in [-0.3, -0.25) is 4.79 Å². The Kier molecular flexibility index (Phi) is 4.96. The summed E-state index contributed by atoms with van der Waals surface area (Å²) in [6, 6.07) is 4.18. The topological polar surface area (TPSA) is 103 Å². The van der Waals surface area contributed by atoms with E-state index >= 15 is 0 Å². The van der Waals surface area contributed by atoms with E-state index in [0.29, 0.717) is 47.3 Å². The Labute approximate surface area is 186 Å². The van der Waals surface area contributed by atoms with Gasteiger partial charge in [0.1, 0.15) is 11.4 Å². The fourth-order valence-corrected chi connectivity index (χ4v) is 4.57. The van der Waals surface area contributed by atoms with Crippen molar-refractivity contribution in [3.8, 4) is 5.75 Å². The van der Waals surface area contributed by atoms with Crippen molar-refractivity contribution in [1.29, 1.82) is 0 Å². The molecule has 8 nitrogen and oxygen atoms in total. The van der Waals surface area contributed by atoms with E-state index in [-0.39, 0.29) is 23.3 Å². The predicted octanol–water partition coefficient (Wildman–Crippen LogP) is 3.50. The summed E-state index contributed by atoms with van der Waals surface area (Å²) in [6.07, 6.45) is -3.61. The Hall–Kier alpha value is -3.34. The van der Waals surface area contributed by atoms with Crippen LogP contribution in [-0.2, 0) is 10.9 Å². The number of hydrogen-bond acceptors (Lipinski definition) is 7. The van der Waals surface area contributed by atoms with Crippen LogP contribution in [0.25, 0.3) is 10.9 Å². The molecule has 11 heteroatoms. The molecule has 1 aromatic carbocycles. The number of fused-ring (bicyclic) bond motifs is 3. The van der Waals surface area contributed by atoms with Gasteiger partial charge in [0, 0.05) is 11.9 Å². The smallest absolute Gasteiger partial charge is 0.416 e. The molecule has 2 unspecified atom stereocenters. The lowest BCUT2D eigenvalue weighted by Gasteiger charge is -2.28. The van der Waals surface area contributed by atoms with E-state index in [1.54, 1.807) is 19.9 Å². The third-order valence-corrected chi connectivity index (χ3v) is 6.27. The number of H-pyrrole nitrogens is 1. The zero-order chi connectivity index (χ0) is 23.5. The van der Waals surface area contributed by atoms with Crippen LogP contribution < -0.4 is 15.8 Å². The first-order chi connectivity index (χ1) is 15.6. The molecule has 3 aromatic rings. The van der Waals surface area contributed by atoms with Crippen molar-refractivity contribution in [2.45, 2.75) is 44.6 Å². The van der Waals surface area contributed by atoms with Crippen LogP contribution in [0.15, 0.2) is 29.1 Å². The molecule has 4 heterocycles. The molecule has 2 aliphatic rings. The van der Waals surface area contributed by atoms with Gasteiger partial charge in [-0.25, -0.2) is 0 Å². The van der Waals surface area contributed by atoms with Crippen LogP contribution in [0.4, 0.5) is 24.7 Å². The third-order valence-electron chi connectivity index (χ3n) is 6.27. The molecule has 174 valence electrons. The molecular weight excluding hydrogens is 439 g/mol. The van der Waals surface area contributed by atoms with Crippen LogP contribution in [0.1, 0.15) is 36.2 Å². The zero-order valence-corrected chi connectivity index (χ0v) is 17.9. The van der Waals surface area contributed by atoms with Crippen molar-refractivity contribution in [2.24, 2.45) is 0 Å². The number of phenols is 1. The van der Waals surface area contributed by atoms with Crippen LogP contribution >= 0.6 is 0 Å². The summed E-state index contributed by atoms with van der Waals surface area (Å²) in [7, 11) is 0. The van der Waals surface area contributed by atoms with Gasteiger partial charge in [0.05, 0.1) is 41.6 Å². The molecule has 3 N–H and O–H groups in total. The third kappa shape index (κ3) is 3.86. The molecule has 0 radical (unpaired) electrons. The molecule has 3 atom stereocenters. The van der Waals surface area contributed by atoms with E-state index in [1.165, 1.54) is 6.07 Å². The second-order valence-corrected chi connectivity index (χ2v) is 8.58. The molecule has 2 fully saturated rings. The molecule has 2 aromatic heterocycles. The molecule has 2 aliphatic heterocycles. The van der Waals surface area contributed by atoms with Crippen molar-refractivity contribution >= 4 is 22.4 Å². The molecule has 0 saturated carbocycles. The zero-order valence-electron chi connectivity index (χ0n) is 17.9. The largest absolute Gasteiger partial charge is 0.508 e. The highest BCUT2D eigenvalue weighted by Gasteiger charge is 2.40. The van der Waals surface area contributed by atoms with Crippen LogP contribution in [-0.4, -0.2) is 45.6 Å². The number of pyridine rings is 1. The van der Waals surface area contributed by atoms with Crippen molar-refractivity contribution in [2.75, 3.05) is 23.4 Å². The number of aromatic amines is 1. The minimum Gasteiger partial charge on any atom is -0.508 e. The number of hydrogen-bond donors (Lipinski definition) is 3. The number of aromatic nitrogens is 3. The van der Waals surface area contributed by atoms with Gasteiger partial charge in [0.25, 0.3) is 5.56 Å². The molecule has 0 aliphatic carbocycles. The first kappa shape index (κ1) is 21.5. The van der Waals surface area contributed by atoms with Crippen molar-refractivity contribution in [3.05, 3.63) is 51.4 Å². The van der Waals surface area contributed by atoms with E-state index < -0.39 is 23.5 Å². The Morgan fingerprint density at radius 1 is 1.27 bits per heavy atom. The highest BCUT2D eigenvalue weighted by atomic mass is 19.4. The molecule has 0 spiro atoms. The van der Waals surface area contributed by atoms with Gasteiger partial charge in [-0.15, -0.1) is 5.10 Å². The van der Waals surface area contributed by atoms with Crippen LogP contribution in [0.5, 0.6) is 5.75 Å². The normalized spacial score (nSPS) is 21.1. The summed E-state index contributed by atoms with van der Waals surface area (Å²) in [5, 5.41) is 21.8. The first-order valence-electron chi connectivity index (χ1n) is 10.6. The number of morpholine rings is 1. The van der Waals surface area contributed by atoms with Gasteiger partial charge in [-0.1, -0.05) is 0 Å². The number of anilines is 2. The fraction of sp³-hybridized carbons (Fsp3) is 0.409. The number of aryl methyl sites for hydroxylation is 1. The molecule has 2 bridgehead atoms. The van der Waals surface area contributed by atoms with Crippen LogP contribution in [0.2, 0.25) is 0 Å². The number of phenolic OH excluding ortho intramolecular Hbond substituents is 1. The minimum atomic E-state index is -4.59. The molecule has 5 rings (SSSR count). The Balaban J connectivity index is 1.53. The van der Waals surface area contributed by atoms with Crippen molar-refractivity contribution in [1.82, 2.24) is 15.2 Å². The predicted molar refractivity (Wildman–Crippen MR) is 116 cm³/mol. The van der Waals surface area contributed by atoms with Gasteiger partial charge >= 0.3 is 6.18 Å². The summed E-state index contributed by atoms with van der Waals surface area (Å²) < 4.78 is 45.2. The number of ether oxygens (including phenoxy) is 1. The summed E-state index contributed by atoms with van der Waals surface area (Å²) >= 11 is 0. The quantitative estimate of drug-likeness (QED) is 0.546. The molecule has 33 heavy (non-hydrogen) atoms. The summed E-state index contributed by atoms with van der Waals surface area (Å²) in [5.41, 5.74) is 0.572. The van der Waals surface area contributed by atoms with Crippen LogP contribution in [0.3, 0.4) is 0 Å². The fourth-order valence-electron chi connectivity index (χ4n) is 4.57. The summed E-state index contributed by atoms with van der Waals surface area (Å²) in [6.45, 7) is 4.57. The lowest BCUT2D eigenvalue weighted by atomic mass is 10.0. The first-order valence-corrected chi connectivity index (χ1v) is 10.6.